The van der Waals surface area contributed by atoms with Gasteiger partial charge in [0, 0.05) is 26.2 Å². The minimum absolute atomic E-state index is 0.240. The second kappa shape index (κ2) is 5.84. The molecule has 1 amide bonds. The van der Waals surface area contributed by atoms with Crippen LogP contribution in [0.1, 0.15) is 20.8 Å². The highest BCUT2D eigenvalue weighted by atomic mass is 127. The Balaban J connectivity index is 1.61. The van der Waals surface area contributed by atoms with Crippen LogP contribution < -0.4 is 4.90 Å². The molecule has 9 heteroatoms. The fourth-order valence-electron chi connectivity index (χ4n) is 2.20. The molecule has 22 heavy (non-hydrogen) atoms. The van der Waals surface area contributed by atoms with Gasteiger partial charge in [-0.05, 0) is 43.4 Å². The first kappa shape index (κ1) is 15.8. The zero-order chi connectivity index (χ0) is 15.9. The summed E-state index contributed by atoms with van der Waals surface area (Å²) in [6, 6.07) is 0. The molecule has 2 aromatic heterocycles. The number of aromatic nitrogens is 3. The normalized spacial score (nSPS) is 16.4. The lowest BCUT2D eigenvalue weighted by atomic mass is 10.2. The summed E-state index contributed by atoms with van der Waals surface area (Å²) in [7, 11) is 0. The number of hydrogen-bond acceptors (Lipinski definition) is 6. The number of piperazine rings is 1. The highest BCUT2D eigenvalue weighted by Crippen LogP contribution is 2.24. The van der Waals surface area contributed by atoms with Crippen LogP contribution in [0.25, 0.3) is 4.96 Å². The van der Waals surface area contributed by atoms with E-state index in [1.807, 2.05) is 31.5 Å². The lowest BCUT2D eigenvalue weighted by Crippen LogP contribution is -2.50. The summed E-state index contributed by atoms with van der Waals surface area (Å²) in [5.74, 6) is 0. The van der Waals surface area contributed by atoms with Crippen molar-refractivity contribution in [3.05, 3.63) is 9.90 Å². The smallest absolute Gasteiger partial charge is 0.410 e. The molecular formula is C13H18IN5O2S. The van der Waals surface area contributed by atoms with Crippen LogP contribution in [0.4, 0.5) is 9.93 Å². The number of nitrogens with zero attached hydrogens (tertiary/aromatic N) is 5. The summed E-state index contributed by atoms with van der Waals surface area (Å²) in [4.78, 5) is 21.3. The first-order valence-corrected chi connectivity index (χ1v) is 8.96. The fraction of sp³-hybridized carbons (Fsp3) is 0.615. The number of imidazole rings is 1. The van der Waals surface area contributed by atoms with E-state index in [2.05, 4.69) is 37.6 Å². The van der Waals surface area contributed by atoms with E-state index in [0.29, 0.717) is 13.1 Å². The predicted octanol–water partition coefficient (Wildman–Crippen LogP) is 2.45. The topological polar surface area (TPSA) is 63.0 Å². The van der Waals surface area contributed by atoms with Gasteiger partial charge >= 0.3 is 6.09 Å². The van der Waals surface area contributed by atoms with Gasteiger partial charge in [0.2, 0.25) is 10.1 Å². The Bertz CT molecular complexity index is 653. The highest BCUT2D eigenvalue weighted by molar-refractivity contribution is 14.1. The molecule has 2 aromatic rings. The van der Waals surface area contributed by atoms with E-state index in [1.54, 1.807) is 16.2 Å². The fourth-order valence-corrected chi connectivity index (χ4v) is 3.79. The number of amides is 1. The maximum atomic E-state index is 12.1. The van der Waals surface area contributed by atoms with Gasteiger partial charge in [-0.1, -0.05) is 11.3 Å². The Hall–Kier alpha value is -1.10. The Morgan fingerprint density at radius 3 is 2.59 bits per heavy atom. The van der Waals surface area contributed by atoms with E-state index in [1.165, 1.54) is 0 Å². The van der Waals surface area contributed by atoms with Gasteiger partial charge in [0.05, 0.1) is 6.20 Å². The van der Waals surface area contributed by atoms with Crippen LogP contribution in [0.3, 0.4) is 0 Å². The van der Waals surface area contributed by atoms with E-state index in [4.69, 9.17) is 4.74 Å². The molecule has 1 saturated heterocycles. The van der Waals surface area contributed by atoms with E-state index in [-0.39, 0.29) is 6.09 Å². The first-order valence-electron chi connectivity index (χ1n) is 7.06. The Kier molecular flexibility index (Phi) is 4.19. The molecule has 0 aromatic carbocycles. The predicted molar refractivity (Wildman–Crippen MR) is 93.6 cm³/mol. The minimum Gasteiger partial charge on any atom is -0.444 e. The summed E-state index contributed by atoms with van der Waals surface area (Å²) in [5.41, 5.74) is -0.452. The second-order valence-electron chi connectivity index (χ2n) is 6.13. The molecule has 1 fully saturated rings. The average Bonchev–Trinajstić information content (AvgIpc) is 2.94. The molecule has 0 aliphatic carbocycles. The first-order chi connectivity index (χ1) is 10.3. The van der Waals surface area contributed by atoms with Crippen molar-refractivity contribution in [1.82, 2.24) is 19.5 Å². The standard InChI is InChI=1S/C13H18IN5O2S/c1-13(2,3)21-12(20)18-6-4-17(5-7-18)11-16-19-8-9(14)15-10(19)22-11/h8H,4-7H2,1-3H3. The number of halogens is 1. The SMILES string of the molecule is CC(C)(C)OC(=O)N1CCN(c2nn3cc(I)nc3s2)CC1. The van der Waals surface area contributed by atoms with E-state index in [9.17, 15) is 4.79 Å². The number of hydrogen-bond donors (Lipinski definition) is 0. The molecule has 0 bridgehead atoms. The summed E-state index contributed by atoms with van der Waals surface area (Å²) >= 11 is 3.75. The second-order valence-corrected chi connectivity index (χ2v) is 8.17. The molecule has 1 aliphatic rings. The van der Waals surface area contributed by atoms with E-state index in [0.717, 1.165) is 26.9 Å². The molecule has 0 saturated carbocycles. The maximum absolute atomic E-state index is 12.1. The van der Waals surface area contributed by atoms with Gasteiger partial charge in [-0.3, -0.25) is 0 Å². The number of carbonyl (C=O) groups is 1. The Morgan fingerprint density at radius 2 is 2.00 bits per heavy atom. The number of carbonyl (C=O) groups excluding carboxylic acids is 1. The van der Waals surface area contributed by atoms with Gasteiger partial charge in [-0.15, -0.1) is 5.10 Å². The molecule has 3 rings (SSSR count). The van der Waals surface area contributed by atoms with Crippen molar-refractivity contribution in [2.75, 3.05) is 31.1 Å². The number of anilines is 1. The number of ether oxygens (including phenoxy) is 1. The zero-order valence-electron chi connectivity index (χ0n) is 12.7. The van der Waals surface area contributed by atoms with Crippen LogP contribution in [0.5, 0.6) is 0 Å². The van der Waals surface area contributed by atoms with Gasteiger partial charge < -0.3 is 14.5 Å². The van der Waals surface area contributed by atoms with Crippen LogP contribution in [-0.4, -0.2) is 57.4 Å². The molecule has 0 unspecified atom stereocenters. The van der Waals surface area contributed by atoms with Gasteiger partial charge in [0.1, 0.15) is 9.30 Å². The molecule has 0 N–H and O–H groups in total. The third-order valence-electron chi connectivity index (χ3n) is 3.20. The summed E-state index contributed by atoms with van der Waals surface area (Å²) in [6.45, 7) is 8.46. The van der Waals surface area contributed by atoms with Crippen LogP contribution >= 0.6 is 33.9 Å². The van der Waals surface area contributed by atoms with Crippen LogP contribution in [0.2, 0.25) is 0 Å². The monoisotopic (exact) mass is 435 g/mol. The Morgan fingerprint density at radius 1 is 1.32 bits per heavy atom. The lowest BCUT2D eigenvalue weighted by molar-refractivity contribution is 0.0240. The van der Waals surface area contributed by atoms with Crippen molar-refractivity contribution in [3.63, 3.8) is 0 Å². The molecule has 7 nitrogen and oxygen atoms in total. The van der Waals surface area contributed by atoms with Crippen molar-refractivity contribution < 1.29 is 9.53 Å². The van der Waals surface area contributed by atoms with Crippen molar-refractivity contribution in [1.29, 1.82) is 0 Å². The van der Waals surface area contributed by atoms with Gasteiger partial charge in [0.15, 0.2) is 0 Å². The molecule has 0 radical (unpaired) electrons. The van der Waals surface area contributed by atoms with Crippen molar-refractivity contribution >= 4 is 50.1 Å². The van der Waals surface area contributed by atoms with Gasteiger partial charge in [0.25, 0.3) is 0 Å². The third kappa shape index (κ3) is 3.45. The zero-order valence-corrected chi connectivity index (χ0v) is 15.7. The molecule has 0 spiro atoms. The third-order valence-corrected chi connectivity index (χ3v) is 4.71. The summed E-state index contributed by atoms with van der Waals surface area (Å²) < 4.78 is 8.16. The highest BCUT2D eigenvalue weighted by Gasteiger charge is 2.27. The lowest BCUT2D eigenvalue weighted by Gasteiger charge is -2.35. The van der Waals surface area contributed by atoms with Crippen molar-refractivity contribution in [2.24, 2.45) is 0 Å². The van der Waals surface area contributed by atoms with Crippen LogP contribution in [-0.2, 0) is 4.74 Å². The molecular weight excluding hydrogens is 417 g/mol. The minimum atomic E-state index is -0.452. The number of fused-ring (bicyclic) bond motifs is 1. The van der Waals surface area contributed by atoms with Gasteiger partial charge in [-0.2, -0.15) is 0 Å². The van der Waals surface area contributed by atoms with E-state index >= 15 is 0 Å². The number of rotatable bonds is 1. The molecule has 3 heterocycles. The Labute approximate surface area is 146 Å². The maximum Gasteiger partial charge on any atom is 0.410 e. The van der Waals surface area contributed by atoms with Crippen LogP contribution in [0.15, 0.2) is 6.20 Å². The van der Waals surface area contributed by atoms with E-state index < -0.39 is 5.60 Å². The summed E-state index contributed by atoms with van der Waals surface area (Å²) in [5, 5.41) is 5.49. The largest absolute Gasteiger partial charge is 0.444 e. The van der Waals surface area contributed by atoms with Gasteiger partial charge in [-0.25, -0.2) is 14.3 Å². The van der Waals surface area contributed by atoms with Crippen LogP contribution in [0, 0.1) is 3.70 Å². The molecule has 120 valence electrons. The average molecular weight is 435 g/mol. The molecule has 0 atom stereocenters. The quantitative estimate of drug-likeness (QED) is 0.645. The van der Waals surface area contributed by atoms with Crippen molar-refractivity contribution in [3.8, 4) is 0 Å². The summed E-state index contributed by atoms with van der Waals surface area (Å²) in [6.07, 6.45) is 1.67. The van der Waals surface area contributed by atoms with Crippen molar-refractivity contribution in [2.45, 2.75) is 26.4 Å². The molecule has 1 aliphatic heterocycles.